The number of amides is 2. The maximum atomic E-state index is 12.3. The van der Waals surface area contributed by atoms with Crippen LogP contribution in [0.2, 0.25) is 0 Å². The lowest BCUT2D eigenvalue weighted by atomic mass is 9.76. The number of hydrogen-bond donors (Lipinski definition) is 0. The molecule has 3 rings (SSSR count). The van der Waals surface area contributed by atoms with E-state index in [2.05, 4.69) is 6.58 Å². The van der Waals surface area contributed by atoms with E-state index in [9.17, 15) is 14.4 Å². The smallest absolute Gasteiger partial charge is 0.333 e. The topological polar surface area (TPSA) is 63.7 Å². The SMILES string of the molecule is C=C(C)C(=O)OC(C)C(=O)N1C(=O)C2C3CCC(C3)C21. The Morgan fingerprint density at radius 2 is 2.00 bits per heavy atom. The van der Waals surface area contributed by atoms with Crippen molar-refractivity contribution in [1.29, 1.82) is 0 Å². The number of likely N-dealkylation sites (tertiary alicyclic amines) is 1. The number of hydrogen-bond acceptors (Lipinski definition) is 4. The molecule has 5 atom stereocenters. The molecule has 0 N–H and O–H groups in total. The first-order valence-corrected chi connectivity index (χ1v) is 7.15. The van der Waals surface area contributed by atoms with Gasteiger partial charge in [-0.1, -0.05) is 6.58 Å². The van der Waals surface area contributed by atoms with Crippen molar-refractivity contribution >= 4 is 17.8 Å². The number of esters is 1. The van der Waals surface area contributed by atoms with Crippen molar-refractivity contribution in [2.45, 2.75) is 45.3 Å². The number of β-lactam (4-membered cyclic amide) rings is 1. The van der Waals surface area contributed by atoms with Crippen LogP contribution in [0.3, 0.4) is 0 Å². The molecule has 2 amide bonds. The van der Waals surface area contributed by atoms with Gasteiger partial charge in [0.2, 0.25) is 5.91 Å². The van der Waals surface area contributed by atoms with Crippen molar-refractivity contribution in [2.24, 2.45) is 17.8 Å². The highest BCUT2D eigenvalue weighted by Crippen LogP contribution is 2.56. The van der Waals surface area contributed by atoms with Crippen molar-refractivity contribution in [1.82, 2.24) is 4.90 Å². The van der Waals surface area contributed by atoms with Gasteiger partial charge >= 0.3 is 5.97 Å². The molecule has 0 spiro atoms. The van der Waals surface area contributed by atoms with Gasteiger partial charge in [0, 0.05) is 5.57 Å². The summed E-state index contributed by atoms with van der Waals surface area (Å²) in [5, 5.41) is 0. The van der Waals surface area contributed by atoms with Crippen molar-refractivity contribution in [3.05, 3.63) is 12.2 Å². The number of ether oxygens (including phenoxy) is 1. The first-order chi connectivity index (χ1) is 9.41. The molecule has 0 radical (unpaired) electrons. The summed E-state index contributed by atoms with van der Waals surface area (Å²) in [5.74, 6) is -0.0978. The van der Waals surface area contributed by atoms with Crippen molar-refractivity contribution in [3.63, 3.8) is 0 Å². The van der Waals surface area contributed by atoms with Crippen LogP contribution in [0, 0.1) is 17.8 Å². The monoisotopic (exact) mass is 277 g/mol. The van der Waals surface area contributed by atoms with Crippen LogP contribution in [-0.2, 0) is 19.1 Å². The summed E-state index contributed by atoms with van der Waals surface area (Å²) >= 11 is 0. The second kappa shape index (κ2) is 4.43. The second-order valence-corrected chi connectivity index (χ2v) is 6.22. The Morgan fingerprint density at radius 3 is 2.65 bits per heavy atom. The molecule has 1 aliphatic heterocycles. The quantitative estimate of drug-likeness (QED) is 0.443. The number of imide groups is 1. The molecule has 5 nitrogen and oxygen atoms in total. The van der Waals surface area contributed by atoms with E-state index < -0.39 is 18.0 Å². The largest absolute Gasteiger partial charge is 0.449 e. The minimum absolute atomic E-state index is 0.0433. The van der Waals surface area contributed by atoms with Crippen molar-refractivity contribution < 1.29 is 19.1 Å². The summed E-state index contributed by atoms with van der Waals surface area (Å²) in [5.41, 5.74) is 0.248. The van der Waals surface area contributed by atoms with Crippen LogP contribution in [0.15, 0.2) is 12.2 Å². The molecule has 5 unspecified atom stereocenters. The van der Waals surface area contributed by atoms with E-state index >= 15 is 0 Å². The van der Waals surface area contributed by atoms with E-state index in [-0.39, 0.29) is 23.4 Å². The number of carbonyl (C=O) groups excluding carboxylic acids is 3. The fourth-order valence-electron chi connectivity index (χ4n) is 3.97. The van der Waals surface area contributed by atoms with Crippen molar-refractivity contribution in [3.8, 4) is 0 Å². The average Bonchev–Trinajstić information content (AvgIpc) is 2.95. The normalized spacial score (nSPS) is 35.3. The number of carbonyl (C=O) groups is 3. The van der Waals surface area contributed by atoms with Crippen LogP contribution >= 0.6 is 0 Å². The van der Waals surface area contributed by atoms with Gasteiger partial charge in [-0.3, -0.25) is 14.5 Å². The number of rotatable bonds is 3. The lowest BCUT2D eigenvalue weighted by Crippen LogP contribution is -2.66. The van der Waals surface area contributed by atoms with Gasteiger partial charge in [-0.15, -0.1) is 0 Å². The fourth-order valence-corrected chi connectivity index (χ4v) is 3.97. The standard InChI is InChI=1S/C15H19NO4/c1-7(2)15(19)20-8(3)13(17)16-12-10-5-4-9(6-10)11(12)14(16)18/h8-12H,1,4-6H2,2-3H3. The van der Waals surface area contributed by atoms with Crippen molar-refractivity contribution in [2.75, 3.05) is 0 Å². The highest BCUT2D eigenvalue weighted by molar-refractivity contribution is 6.04. The summed E-state index contributed by atoms with van der Waals surface area (Å²) in [4.78, 5) is 37.2. The Balaban J connectivity index is 1.68. The summed E-state index contributed by atoms with van der Waals surface area (Å²) in [6.45, 7) is 6.52. The van der Waals surface area contributed by atoms with E-state index in [1.54, 1.807) is 0 Å². The van der Waals surface area contributed by atoms with Gasteiger partial charge in [-0.2, -0.15) is 0 Å². The van der Waals surface area contributed by atoms with Crippen LogP contribution in [0.1, 0.15) is 33.1 Å². The van der Waals surface area contributed by atoms with Crippen LogP contribution in [0.4, 0.5) is 0 Å². The molecule has 0 aromatic carbocycles. The van der Waals surface area contributed by atoms with Gasteiger partial charge in [0.1, 0.15) is 0 Å². The van der Waals surface area contributed by atoms with Gasteiger partial charge in [0.25, 0.3) is 5.91 Å². The summed E-state index contributed by atoms with van der Waals surface area (Å²) < 4.78 is 5.03. The second-order valence-electron chi connectivity index (χ2n) is 6.22. The minimum atomic E-state index is -0.928. The fraction of sp³-hybridized carbons (Fsp3) is 0.667. The van der Waals surface area contributed by atoms with Crippen LogP contribution in [0.25, 0.3) is 0 Å². The zero-order chi connectivity index (χ0) is 14.6. The molecular weight excluding hydrogens is 258 g/mol. The molecule has 20 heavy (non-hydrogen) atoms. The molecule has 2 bridgehead atoms. The number of nitrogens with zero attached hydrogens (tertiary/aromatic N) is 1. The maximum Gasteiger partial charge on any atom is 0.333 e. The van der Waals surface area contributed by atoms with E-state index in [1.807, 2.05) is 0 Å². The third-order valence-corrected chi connectivity index (χ3v) is 4.91. The van der Waals surface area contributed by atoms with Crippen LogP contribution in [-0.4, -0.2) is 34.8 Å². The lowest BCUT2D eigenvalue weighted by Gasteiger charge is -2.48. The first kappa shape index (κ1) is 13.3. The molecule has 3 fully saturated rings. The third kappa shape index (κ3) is 1.72. The number of fused-ring (bicyclic) bond motifs is 5. The van der Waals surface area contributed by atoms with Crippen LogP contribution in [0.5, 0.6) is 0 Å². The minimum Gasteiger partial charge on any atom is -0.449 e. The van der Waals surface area contributed by atoms with E-state index in [4.69, 9.17) is 4.74 Å². The van der Waals surface area contributed by atoms with Gasteiger partial charge in [-0.05, 0) is 44.9 Å². The molecule has 1 heterocycles. The molecule has 108 valence electrons. The molecule has 2 aliphatic carbocycles. The molecule has 2 saturated carbocycles. The highest BCUT2D eigenvalue weighted by atomic mass is 16.5. The van der Waals surface area contributed by atoms with Gasteiger partial charge in [0.05, 0.1) is 12.0 Å². The molecule has 3 aliphatic rings. The summed E-state index contributed by atoms with van der Waals surface area (Å²) in [6.07, 6.45) is 2.34. The van der Waals surface area contributed by atoms with Gasteiger partial charge in [0.15, 0.2) is 6.10 Å². The molecule has 1 saturated heterocycles. The Hall–Kier alpha value is -1.65. The molecule has 5 heteroatoms. The lowest BCUT2D eigenvalue weighted by molar-refractivity contribution is -0.177. The maximum absolute atomic E-state index is 12.3. The Morgan fingerprint density at radius 1 is 1.35 bits per heavy atom. The van der Waals surface area contributed by atoms with Gasteiger partial charge in [-0.25, -0.2) is 4.79 Å². The molecule has 0 aromatic rings. The average molecular weight is 277 g/mol. The molecular formula is C15H19NO4. The summed E-state index contributed by atoms with van der Waals surface area (Å²) in [7, 11) is 0. The van der Waals surface area contributed by atoms with Gasteiger partial charge < -0.3 is 4.74 Å². The Labute approximate surface area is 117 Å². The summed E-state index contributed by atoms with van der Waals surface area (Å²) in [6, 6.07) is 0.0553. The molecule has 0 aromatic heterocycles. The predicted octanol–water partition coefficient (Wildman–Crippen LogP) is 1.28. The highest BCUT2D eigenvalue weighted by Gasteiger charge is 2.64. The zero-order valence-electron chi connectivity index (χ0n) is 11.8. The zero-order valence-corrected chi connectivity index (χ0v) is 11.8. The van der Waals surface area contributed by atoms with E-state index in [0.717, 1.165) is 19.3 Å². The van der Waals surface area contributed by atoms with Crippen LogP contribution < -0.4 is 0 Å². The third-order valence-electron chi connectivity index (χ3n) is 4.91. The Bertz CT molecular complexity index is 512. The Kier molecular flexibility index (Phi) is 2.96. The first-order valence-electron chi connectivity index (χ1n) is 7.15. The van der Waals surface area contributed by atoms with E-state index in [1.165, 1.54) is 18.7 Å². The van der Waals surface area contributed by atoms with E-state index in [0.29, 0.717) is 11.8 Å². The predicted molar refractivity (Wildman–Crippen MR) is 70.3 cm³/mol.